The summed E-state index contributed by atoms with van der Waals surface area (Å²) in [4.78, 5) is 6.66. The van der Waals surface area contributed by atoms with Crippen LogP contribution in [0.25, 0.3) is 0 Å². The van der Waals surface area contributed by atoms with Crippen molar-refractivity contribution in [3.8, 4) is 0 Å². The maximum Gasteiger partial charge on any atom is 0.0946 e. The molecule has 2 heterocycles. The van der Waals surface area contributed by atoms with Crippen LogP contribution in [0.3, 0.4) is 0 Å². The van der Waals surface area contributed by atoms with E-state index in [1.54, 1.807) is 0 Å². The van der Waals surface area contributed by atoms with Gasteiger partial charge in [0.15, 0.2) is 0 Å². The van der Waals surface area contributed by atoms with Crippen molar-refractivity contribution in [3.63, 3.8) is 0 Å². The molecule has 0 spiro atoms. The first kappa shape index (κ1) is 10.7. The molecule has 0 amide bonds. The van der Waals surface area contributed by atoms with E-state index in [0.717, 1.165) is 12.5 Å². The highest BCUT2D eigenvalue weighted by molar-refractivity contribution is 4.86. The third-order valence-electron chi connectivity index (χ3n) is 3.26. The van der Waals surface area contributed by atoms with Crippen LogP contribution >= 0.6 is 0 Å². The zero-order valence-electron chi connectivity index (χ0n) is 9.98. The Morgan fingerprint density at radius 2 is 2.20 bits per heavy atom. The van der Waals surface area contributed by atoms with Crippen molar-refractivity contribution in [1.82, 2.24) is 14.5 Å². The van der Waals surface area contributed by atoms with Crippen LogP contribution in [0.5, 0.6) is 0 Å². The van der Waals surface area contributed by atoms with Crippen molar-refractivity contribution in [3.05, 3.63) is 18.7 Å². The molecule has 0 saturated carbocycles. The highest BCUT2D eigenvalue weighted by atomic mass is 15.2. The Bertz CT molecular complexity index is 297. The second-order valence-corrected chi connectivity index (χ2v) is 5.53. The number of hydrogen-bond acceptors (Lipinski definition) is 2. The summed E-state index contributed by atoms with van der Waals surface area (Å²) in [6.45, 7) is 10.5. The normalized spacial score (nSPS) is 23.5. The van der Waals surface area contributed by atoms with Gasteiger partial charge in [0.25, 0.3) is 0 Å². The van der Waals surface area contributed by atoms with E-state index in [-0.39, 0.29) is 0 Å². The average Bonchev–Trinajstić information content (AvgIpc) is 2.73. The van der Waals surface area contributed by atoms with Gasteiger partial charge in [0, 0.05) is 31.0 Å². The molecule has 1 aliphatic heterocycles. The lowest BCUT2D eigenvalue weighted by Crippen LogP contribution is -2.39. The van der Waals surface area contributed by atoms with Crippen LogP contribution in [-0.4, -0.2) is 33.1 Å². The summed E-state index contributed by atoms with van der Waals surface area (Å²) in [5.74, 6) is 0.790. The van der Waals surface area contributed by atoms with Crippen molar-refractivity contribution in [2.75, 3.05) is 13.1 Å². The number of imidazole rings is 1. The summed E-state index contributed by atoms with van der Waals surface area (Å²) in [7, 11) is 0. The molecular weight excluding hydrogens is 186 g/mol. The van der Waals surface area contributed by atoms with Crippen LogP contribution < -0.4 is 0 Å². The van der Waals surface area contributed by atoms with E-state index in [1.807, 2.05) is 12.5 Å². The topological polar surface area (TPSA) is 21.1 Å². The maximum absolute atomic E-state index is 4.08. The second-order valence-electron chi connectivity index (χ2n) is 5.53. The molecule has 15 heavy (non-hydrogen) atoms. The fourth-order valence-electron chi connectivity index (χ4n) is 2.28. The molecule has 1 aromatic rings. The third-order valence-corrected chi connectivity index (χ3v) is 3.26. The summed E-state index contributed by atoms with van der Waals surface area (Å²) < 4.78 is 2.19. The largest absolute Gasteiger partial charge is 0.337 e. The van der Waals surface area contributed by atoms with Gasteiger partial charge in [-0.3, -0.25) is 4.90 Å². The molecule has 2 rings (SSSR count). The van der Waals surface area contributed by atoms with Crippen molar-refractivity contribution >= 4 is 0 Å². The first-order valence-electron chi connectivity index (χ1n) is 5.76. The highest BCUT2D eigenvalue weighted by Gasteiger charge is 2.29. The molecule has 0 radical (unpaired) electrons. The fraction of sp³-hybridized carbons (Fsp3) is 0.750. The van der Waals surface area contributed by atoms with Crippen LogP contribution in [0.2, 0.25) is 0 Å². The Balaban J connectivity index is 1.88. The highest BCUT2D eigenvalue weighted by Crippen LogP contribution is 2.25. The summed E-state index contributed by atoms with van der Waals surface area (Å²) in [5.41, 5.74) is 0.323. The first-order chi connectivity index (χ1) is 7.05. The third kappa shape index (κ3) is 2.59. The fourth-order valence-corrected chi connectivity index (χ4v) is 2.28. The Kier molecular flexibility index (Phi) is 2.83. The van der Waals surface area contributed by atoms with Crippen LogP contribution in [0.1, 0.15) is 27.2 Å². The van der Waals surface area contributed by atoms with E-state index >= 15 is 0 Å². The van der Waals surface area contributed by atoms with Crippen molar-refractivity contribution in [2.45, 2.75) is 39.3 Å². The Labute approximate surface area is 92.1 Å². The molecule has 0 aliphatic carbocycles. The molecule has 1 aliphatic rings. The van der Waals surface area contributed by atoms with Crippen LogP contribution in [-0.2, 0) is 6.54 Å². The zero-order chi connectivity index (χ0) is 10.9. The molecule has 3 heteroatoms. The summed E-state index contributed by atoms with van der Waals surface area (Å²) in [6.07, 6.45) is 7.14. The van der Waals surface area contributed by atoms with Crippen LogP contribution in [0, 0.1) is 5.92 Å². The van der Waals surface area contributed by atoms with Gasteiger partial charge in [-0.1, -0.05) is 0 Å². The van der Waals surface area contributed by atoms with E-state index in [0.29, 0.717) is 5.54 Å². The van der Waals surface area contributed by atoms with E-state index < -0.39 is 0 Å². The minimum atomic E-state index is 0.323. The lowest BCUT2D eigenvalue weighted by molar-refractivity contribution is 0.166. The Morgan fingerprint density at radius 1 is 1.40 bits per heavy atom. The predicted molar refractivity (Wildman–Crippen MR) is 61.7 cm³/mol. The van der Waals surface area contributed by atoms with Crippen molar-refractivity contribution in [1.29, 1.82) is 0 Å². The minimum absolute atomic E-state index is 0.323. The molecule has 0 aromatic carbocycles. The van der Waals surface area contributed by atoms with Crippen molar-refractivity contribution in [2.24, 2.45) is 5.92 Å². The quantitative estimate of drug-likeness (QED) is 0.739. The van der Waals surface area contributed by atoms with E-state index in [4.69, 9.17) is 0 Å². The zero-order valence-corrected chi connectivity index (χ0v) is 9.98. The monoisotopic (exact) mass is 207 g/mol. The van der Waals surface area contributed by atoms with Gasteiger partial charge >= 0.3 is 0 Å². The SMILES string of the molecule is CC(C)(C)N1CC[C@H](Cn2ccnc2)C1. The molecular formula is C12H21N3. The van der Waals surface area contributed by atoms with Gasteiger partial charge in [-0.25, -0.2) is 4.98 Å². The van der Waals surface area contributed by atoms with Gasteiger partial charge in [0.1, 0.15) is 0 Å². The number of rotatable bonds is 2. The first-order valence-corrected chi connectivity index (χ1v) is 5.76. The molecule has 0 unspecified atom stereocenters. The molecule has 1 aromatic heterocycles. The molecule has 0 bridgehead atoms. The van der Waals surface area contributed by atoms with Crippen LogP contribution in [0.4, 0.5) is 0 Å². The lowest BCUT2D eigenvalue weighted by atomic mass is 10.1. The van der Waals surface area contributed by atoms with E-state index in [2.05, 4.69) is 41.4 Å². The second kappa shape index (κ2) is 3.97. The maximum atomic E-state index is 4.08. The van der Waals surface area contributed by atoms with Gasteiger partial charge in [-0.2, -0.15) is 0 Å². The molecule has 0 N–H and O–H groups in total. The number of nitrogens with zero attached hydrogens (tertiary/aromatic N) is 3. The smallest absolute Gasteiger partial charge is 0.0946 e. The number of likely N-dealkylation sites (tertiary alicyclic amines) is 1. The standard InChI is InChI=1S/C12H21N3/c1-12(2,3)15-6-4-11(9-15)8-14-7-5-13-10-14/h5,7,10-11H,4,6,8-9H2,1-3H3/t11-/m1/s1. The van der Waals surface area contributed by atoms with Gasteiger partial charge < -0.3 is 4.57 Å². The van der Waals surface area contributed by atoms with Gasteiger partial charge in [0.05, 0.1) is 6.33 Å². The molecule has 1 atom stereocenters. The Hall–Kier alpha value is -0.830. The number of aromatic nitrogens is 2. The molecule has 1 fully saturated rings. The molecule has 1 saturated heterocycles. The van der Waals surface area contributed by atoms with E-state index in [1.165, 1.54) is 19.5 Å². The van der Waals surface area contributed by atoms with Gasteiger partial charge in [0.2, 0.25) is 0 Å². The molecule has 3 nitrogen and oxygen atoms in total. The minimum Gasteiger partial charge on any atom is -0.337 e. The summed E-state index contributed by atoms with van der Waals surface area (Å²) in [6, 6.07) is 0. The average molecular weight is 207 g/mol. The molecule has 84 valence electrons. The van der Waals surface area contributed by atoms with E-state index in [9.17, 15) is 0 Å². The number of hydrogen-bond donors (Lipinski definition) is 0. The Morgan fingerprint density at radius 3 is 2.73 bits per heavy atom. The summed E-state index contributed by atoms with van der Waals surface area (Å²) >= 11 is 0. The predicted octanol–water partition coefficient (Wildman–Crippen LogP) is 2.00. The van der Waals surface area contributed by atoms with Crippen LogP contribution in [0.15, 0.2) is 18.7 Å². The van der Waals surface area contributed by atoms with Crippen molar-refractivity contribution < 1.29 is 0 Å². The summed E-state index contributed by atoms with van der Waals surface area (Å²) in [5, 5.41) is 0. The van der Waals surface area contributed by atoms with Gasteiger partial charge in [-0.15, -0.1) is 0 Å². The van der Waals surface area contributed by atoms with Gasteiger partial charge in [-0.05, 0) is 39.7 Å². The lowest BCUT2D eigenvalue weighted by Gasteiger charge is -2.31.